The SMILES string of the molecule is CC1(C)CC(CC(C#N)NC(=O)C2C3C(CN2C(=O)C(NC(=O)C(F)(F)F)C2(C)CC(F)(F)C2)C3(C)C)C(=O)N1. The molecule has 0 spiro atoms. The molecule has 0 radical (unpaired) electrons. The summed E-state index contributed by atoms with van der Waals surface area (Å²) in [5.41, 5.74) is -2.53. The van der Waals surface area contributed by atoms with Gasteiger partial charge in [0, 0.05) is 36.3 Å². The smallest absolute Gasteiger partial charge is 0.351 e. The Kier molecular flexibility index (Phi) is 6.95. The fourth-order valence-electron chi connectivity index (χ4n) is 7.13. The van der Waals surface area contributed by atoms with Crippen LogP contribution in [0.15, 0.2) is 0 Å². The predicted molar refractivity (Wildman–Crippen MR) is 129 cm³/mol. The van der Waals surface area contributed by atoms with Crippen molar-refractivity contribution in [3.05, 3.63) is 0 Å². The lowest BCUT2D eigenvalue weighted by molar-refractivity contribution is -0.189. The number of alkyl halides is 5. The molecule has 2 saturated heterocycles. The Hall–Kier alpha value is -2.98. The van der Waals surface area contributed by atoms with Crippen LogP contribution in [0.3, 0.4) is 0 Å². The van der Waals surface area contributed by atoms with Gasteiger partial charge in [-0.05, 0) is 43.9 Å². The van der Waals surface area contributed by atoms with Crippen molar-refractivity contribution in [3.8, 4) is 6.07 Å². The molecule has 2 aliphatic carbocycles. The van der Waals surface area contributed by atoms with Gasteiger partial charge in [0.2, 0.25) is 23.6 Å². The Morgan fingerprint density at radius 1 is 1.12 bits per heavy atom. The minimum atomic E-state index is -5.35. The van der Waals surface area contributed by atoms with E-state index >= 15 is 0 Å². The highest BCUT2D eigenvalue weighted by Crippen LogP contribution is 2.65. The van der Waals surface area contributed by atoms with Crippen molar-refractivity contribution in [2.24, 2.45) is 28.6 Å². The monoisotopic (exact) mass is 575 g/mol. The zero-order chi connectivity index (χ0) is 30.2. The molecule has 14 heteroatoms. The standard InChI is InChI=1S/C26H34F5N5O4/c1-22(2)7-12(18(37)35-22)6-13(8-32)33-19(38)16-15-14(23(15,3)4)9-36(16)20(39)17(34-21(40)26(29,30)31)24(5)10-25(27,28)11-24/h12-17H,6-7,9-11H2,1-5H3,(H,33,38)(H,34,40)(H,35,37). The molecule has 4 rings (SSSR count). The molecule has 0 aromatic carbocycles. The van der Waals surface area contributed by atoms with Gasteiger partial charge in [0.15, 0.2) is 0 Å². The third-order valence-electron chi connectivity index (χ3n) is 9.14. The fraction of sp³-hybridized carbons (Fsp3) is 0.808. The minimum absolute atomic E-state index is 0.0180. The number of likely N-dealkylation sites (tertiary alicyclic amines) is 1. The summed E-state index contributed by atoms with van der Waals surface area (Å²) in [4.78, 5) is 52.4. The number of rotatable bonds is 7. The second-order valence-corrected chi connectivity index (χ2v) is 13.4. The maximum atomic E-state index is 13.8. The molecule has 9 nitrogen and oxygen atoms in total. The number of fused-ring (bicyclic) bond motifs is 1. The maximum absolute atomic E-state index is 13.8. The Morgan fingerprint density at radius 2 is 1.73 bits per heavy atom. The zero-order valence-electron chi connectivity index (χ0n) is 22.9. The van der Waals surface area contributed by atoms with Crippen molar-refractivity contribution in [2.75, 3.05) is 6.54 Å². The number of hydrogen-bond donors (Lipinski definition) is 3. The molecule has 0 bridgehead atoms. The molecule has 6 atom stereocenters. The van der Waals surface area contributed by atoms with Gasteiger partial charge in [-0.3, -0.25) is 19.2 Å². The van der Waals surface area contributed by atoms with Gasteiger partial charge in [0.25, 0.3) is 0 Å². The van der Waals surface area contributed by atoms with Crippen LogP contribution >= 0.6 is 0 Å². The van der Waals surface area contributed by atoms with Crippen LogP contribution in [-0.4, -0.2) is 70.8 Å². The largest absolute Gasteiger partial charge is 0.471 e. The first-order chi connectivity index (χ1) is 18.1. The number of halogens is 5. The first-order valence-corrected chi connectivity index (χ1v) is 13.2. The van der Waals surface area contributed by atoms with E-state index < -0.39 is 83.1 Å². The van der Waals surface area contributed by atoms with Crippen LogP contribution in [0.1, 0.15) is 60.3 Å². The normalized spacial score (nSPS) is 32.0. The number of hydrogen-bond acceptors (Lipinski definition) is 5. The first-order valence-electron chi connectivity index (χ1n) is 13.2. The van der Waals surface area contributed by atoms with E-state index in [0.717, 1.165) is 4.90 Å². The highest BCUT2D eigenvalue weighted by molar-refractivity contribution is 5.95. The van der Waals surface area contributed by atoms with Crippen molar-refractivity contribution < 1.29 is 41.1 Å². The Bertz CT molecular complexity index is 1160. The van der Waals surface area contributed by atoms with Gasteiger partial charge in [-0.1, -0.05) is 20.8 Å². The van der Waals surface area contributed by atoms with Crippen molar-refractivity contribution in [3.63, 3.8) is 0 Å². The predicted octanol–water partition coefficient (Wildman–Crippen LogP) is 2.27. The van der Waals surface area contributed by atoms with Gasteiger partial charge in [-0.15, -0.1) is 0 Å². The van der Waals surface area contributed by atoms with E-state index in [1.54, 1.807) is 5.32 Å². The average Bonchev–Trinajstić information content (AvgIpc) is 3.08. The zero-order valence-corrected chi connectivity index (χ0v) is 22.9. The molecular formula is C26H34F5N5O4. The van der Waals surface area contributed by atoms with Crippen LogP contribution in [0.25, 0.3) is 0 Å². The molecule has 6 unspecified atom stereocenters. The third-order valence-corrected chi connectivity index (χ3v) is 9.14. The van der Waals surface area contributed by atoms with Crippen molar-refractivity contribution in [1.29, 1.82) is 5.26 Å². The summed E-state index contributed by atoms with van der Waals surface area (Å²) >= 11 is 0. The molecule has 40 heavy (non-hydrogen) atoms. The second-order valence-electron chi connectivity index (χ2n) is 13.4. The van der Waals surface area contributed by atoms with Crippen molar-refractivity contribution in [1.82, 2.24) is 20.9 Å². The second kappa shape index (κ2) is 9.27. The van der Waals surface area contributed by atoms with Gasteiger partial charge in [0.05, 0.1) is 6.07 Å². The molecule has 4 fully saturated rings. The Morgan fingerprint density at radius 3 is 2.20 bits per heavy atom. The molecule has 3 N–H and O–H groups in total. The number of nitriles is 1. The van der Waals surface area contributed by atoms with E-state index in [1.807, 2.05) is 33.8 Å². The van der Waals surface area contributed by atoms with Crippen molar-refractivity contribution in [2.45, 2.75) is 96.1 Å². The fourth-order valence-corrected chi connectivity index (χ4v) is 7.13. The van der Waals surface area contributed by atoms with E-state index in [9.17, 15) is 46.4 Å². The number of carbonyl (C=O) groups is 4. The number of piperidine rings is 1. The van der Waals surface area contributed by atoms with Crippen LogP contribution < -0.4 is 16.0 Å². The van der Waals surface area contributed by atoms with Gasteiger partial charge in [-0.2, -0.15) is 18.4 Å². The highest BCUT2D eigenvalue weighted by atomic mass is 19.4. The quantitative estimate of drug-likeness (QED) is 0.401. The van der Waals surface area contributed by atoms with Gasteiger partial charge in [-0.25, -0.2) is 8.78 Å². The molecule has 4 amide bonds. The summed E-state index contributed by atoms with van der Waals surface area (Å²) in [6.45, 7) is 8.58. The van der Waals surface area contributed by atoms with Gasteiger partial charge in [0.1, 0.15) is 18.1 Å². The lowest BCUT2D eigenvalue weighted by Crippen LogP contribution is -2.66. The molecule has 2 aliphatic heterocycles. The lowest BCUT2D eigenvalue weighted by Gasteiger charge is -2.50. The summed E-state index contributed by atoms with van der Waals surface area (Å²) in [6.07, 6.45) is -6.71. The van der Waals surface area contributed by atoms with Crippen LogP contribution in [0, 0.1) is 39.9 Å². The summed E-state index contributed by atoms with van der Waals surface area (Å²) in [6, 6.07) is -2.25. The first kappa shape index (κ1) is 30.0. The topological polar surface area (TPSA) is 131 Å². The minimum Gasteiger partial charge on any atom is -0.351 e. The summed E-state index contributed by atoms with van der Waals surface area (Å²) < 4.78 is 67.0. The van der Waals surface area contributed by atoms with E-state index in [2.05, 4.69) is 10.6 Å². The summed E-state index contributed by atoms with van der Waals surface area (Å²) in [7, 11) is 0. The Balaban J connectivity index is 1.56. The summed E-state index contributed by atoms with van der Waals surface area (Å²) in [5, 5.41) is 16.7. The number of nitrogens with one attached hydrogen (secondary N) is 3. The Labute approximate surface area is 228 Å². The average molecular weight is 576 g/mol. The van der Waals surface area contributed by atoms with Crippen LogP contribution in [0.2, 0.25) is 0 Å². The van der Waals surface area contributed by atoms with E-state index in [1.165, 1.54) is 6.92 Å². The van der Waals surface area contributed by atoms with Crippen LogP contribution in [-0.2, 0) is 19.2 Å². The van der Waals surface area contributed by atoms with E-state index in [4.69, 9.17) is 0 Å². The third kappa shape index (κ3) is 5.35. The molecule has 4 aliphatic rings. The lowest BCUT2D eigenvalue weighted by atomic mass is 9.62. The van der Waals surface area contributed by atoms with Gasteiger partial charge < -0.3 is 20.9 Å². The number of nitrogens with zero attached hydrogens (tertiary/aromatic N) is 2. The van der Waals surface area contributed by atoms with E-state index in [-0.39, 0.29) is 30.7 Å². The molecule has 2 saturated carbocycles. The molecule has 0 aromatic rings. The van der Waals surface area contributed by atoms with Gasteiger partial charge >= 0.3 is 12.1 Å². The summed E-state index contributed by atoms with van der Waals surface area (Å²) in [5.74, 6) is -8.78. The molecule has 2 heterocycles. The number of carbonyl (C=O) groups excluding carboxylic acids is 4. The highest BCUT2D eigenvalue weighted by Gasteiger charge is 2.71. The molecular weight excluding hydrogens is 541 g/mol. The molecule has 0 aromatic heterocycles. The maximum Gasteiger partial charge on any atom is 0.471 e. The van der Waals surface area contributed by atoms with Crippen LogP contribution in [0.4, 0.5) is 22.0 Å². The number of amides is 4. The van der Waals surface area contributed by atoms with Crippen molar-refractivity contribution >= 4 is 23.6 Å². The molecule has 222 valence electrons. The van der Waals surface area contributed by atoms with Crippen LogP contribution in [0.5, 0.6) is 0 Å². The van der Waals surface area contributed by atoms with E-state index in [0.29, 0.717) is 6.42 Å².